The van der Waals surface area contributed by atoms with Crippen LogP contribution < -0.4 is 14.8 Å². The Labute approximate surface area is 159 Å². The van der Waals surface area contributed by atoms with Gasteiger partial charge in [0.25, 0.3) is 0 Å². The zero-order valence-electron chi connectivity index (χ0n) is 16.6. The SMILES string of the molecule is CCOC(=O)c1c(C)[nH]c(C(=O)[C@@H](C)Nc2cc(OC)ccc2OC)c1C. The first-order chi connectivity index (χ1) is 12.8. The van der Waals surface area contributed by atoms with E-state index in [0.717, 1.165) is 0 Å². The van der Waals surface area contributed by atoms with Crippen LogP contribution in [0.4, 0.5) is 5.69 Å². The second-order valence-corrected chi connectivity index (χ2v) is 6.14. The average Bonchev–Trinajstić information content (AvgIpc) is 2.95. The van der Waals surface area contributed by atoms with Crippen LogP contribution in [-0.4, -0.2) is 43.6 Å². The smallest absolute Gasteiger partial charge is 0.340 e. The first-order valence-electron chi connectivity index (χ1n) is 8.73. The molecule has 0 amide bonds. The van der Waals surface area contributed by atoms with Gasteiger partial charge in [-0.25, -0.2) is 4.79 Å². The molecule has 2 rings (SSSR count). The maximum atomic E-state index is 13.0. The van der Waals surface area contributed by atoms with Crippen molar-refractivity contribution in [1.29, 1.82) is 0 Å². The number of aryl methyl sites for hydroxylation is 1. The van der Waals surface area contributed by atoms with E-state index in [0.29, 0.717) is 39.7 Å². The van der Waals surface area contributed by atoms with E-state index in [1.807, 2.05) is 0 Å². The lowest BCUT2D eigenvalue weighted by Gasteiger charge is -2.17. The number of carbonyl (C=O) groups excluding carboxylic acids is 2. The van der Waals surface area contributed by atoms with Crippen molar-refractivity contribution in [2.24, 2.45) is 0 Å². The summed E-state index contributed by atoms with van der Waals surface area (Å²) in [6.07, 6.45) is 0. The number of ether oxygens (including phenoxy) is 3. The molecule has 27 heavy (non-hydrogen) atoms. The van der Waals surface area contributed by atoms with Gasteiger partial charge in [0.15, 0.2) is 0 Å². The number of ketones is 1. The van der Waals surface area contributed by atoms with Crippen LogP contribution in [0.25, 0.3) is 0 Å². The van der Waals surface area contributed by atoms with Crippen molar-refractivity contribution in [3.8, 4) is 11.5 Å². The lowest BCUT2D eigenvalue weighted by Crippen LogP contribution is -2.27. The number of benzene rings is 1. The predicted octanol–water partition coefficient (Wildman–Crippen LogP) is 3.51. The highest BCUT2D eigenvalue weighted by atomic mass is 16.5. The van der Waals surface area contributed by atoms with Crippen molar-refractivity contribution >= 4 is 17.4 Å². The van der Waals surface area contributed by atoms with Crippen molar-refractivity contribution in [2.45, 2.75) is 33.7 Å². The predicted molar refractivity (Wildman–Crippen MR) is 103 cm³/mol. The van der Waals surface area contributed by atoms with Gasteiger partial charge >= 0.3 is 5.97 Å². The number of aromatic amines is 1. The van der Waals surface area contributed by atoms with Crippen LogP contribution in [0.1, 0.15) is 46.0 Å². The van der Waals surface area contributed by atoms with E-state index in [-0.39, 0.29) is 12.4 Å². The molecule has 2 aromatic rings. The Morgan fingerprint density at radius 1 is 1.19 bits per heavy atom. The van der Waals surface area contributed by atoms with Gasteiger partial charge in [-0.2, -0.15) is 0 Å². The number of anilines is 1. The number of H-pyrrole nitrogens is 1. The highest BCUT2D eigenvalue weighted by Crippen LogP contribution is 2.30. The molecule has 0 radical (unpaired) electrons. The summed E-state index contributed by atoms with van der Waals surface area (Å²) in [5.74, 6) is 0.644. The summed E-state index contributed by atoms with van der Waals surface area (Å²) < 4.78 is 15.6. The van der Waals surface area contributed by atoms with E-state index in [1.165, 1.54) is 0 Å². The third kappa shape index (κ3) is 4.24. The zero-order chi connectivity index (χ0) is 20.1. The van der Waals surface area contributed by atoms with E-state index < -0.39 is 12.0 Å². The Morgan fingerprint density at radius 2 is 1.89 bits per heavy atom. The highest BCUT2D eigenvalue weighted by Gasteiger charge is 2.26. The van der Waals surface area contributed by atoms with Crippen molar-refractivity contribution in [3.63, 3.8) is 0 Å². The Kier molecular flexibility index (Phi) is 6.50. The molecule has 0 bridgehead atoms. The van der Waals surface area contributed by atoms with Crippen molar-refractivity contribution < 1.29 is 23.8 Å². The quantitative estimate of drug-likeness (QED) is 0.543. The Hall–Kier alpha value is -2.96. The van der Waals surface area contributed by atoms with Crippen LogP contribution in [0, 0.1) is 13.8 Å². The standard InChI is InChI=1S/C20H26N2O5/c1-7-27-20(24)17-11(2)18(22-12(17)3)19(23)13(4)21-15-10-14(25-5)8-9-16(15)26-6/h8-10,13,21-22H,7H2,1-6H3/t13-/m1/s1. The fourth-order valence-corrected chi connectivity index (χ4v) is 2.95. The molecule has 1 aromatic heterocycles. The van der Waals surface area contributed by atoms with E-state index in [1.54, 1.807) is 60.1 Å². The molecule has 7 heteroatoms. The minimum absolute atomic E-state index is 0.170. The van der Waals surface area contributed by atoms with Gasteiger partial charge in [-0.05, 0) is 45.4 Å². The average molecular weight is 374 g/mol. The van der Waals surface area contributed by atoms with Crippen LogP contribution in [-0.2, 0) is 4.74 Å². The number of esters is 1. The second kappa shape index (κ2) is 8.62. The summed E-state index contributed by atoms with van der Waals surface area (Å²) in [6, 6.07) is 4.75. The molecule has 0 aliphatic heterocycles. The molecule has 1 atom stereocenters. The number of Topliss-reactive ketones (excluding diaryl/α,β-unsaturated/α-hetero) is 1. The number of hydrogen-bond acceptors (Lipinski definition) is 6. The van der Waals surface area contributed by atoms with Crippen LogP contribution in [0.15, 0.2) is 18.2 Å². The summed E-state index contributed by atoms with van der Waals surface area (Å²) in [4.78, 5) is 28.1. The third-order valence-corrected chi connectivity index (χ3v) is 4.34. The van der Waals surface area contributed by atoms with Gasteiger partial charge in [0, 0.05) is 11.8 Å². The molecule has 0 saturated carbocycles. The molecule has 1 aromatic carbocycles. The topological polar surface area (TPSA) is 89.7 Å². The molecule has 1 heterocycles. The van der Waals surface area contributed by atoms with Gasteiger partial charge in [0.1, 0.15) is 11.5 Å². The molecule has 0 spiro atoms. The summed E-state index contributed by atoms with van der Waals surface area (Å²) in [6.45, 7) is 7.26. The lowest BCUT2D eigenvalue weighted by atomic mass is 10.0. The van der Waals surface area contributed by atoms with Gasteiger partial charge in [-0.15, -0.1) is 0 Å². The minimum atomic E-state index is -0.558. The minimum Gasteiger partial charge on any atom is -0.497 e. The number of hydrogen-bond donors (Lipinski definition) is 2. The molecule has 0 aliphatic rings. The van der Waals surface area contributed by atoms with Gasteiger partial charge in [-0.3, -0.25) is 4.79 Å². The lowest BCUT2D eigenvalue weighted by molar-refractivity contribution is 0.0525. The Bertz CT molecular complexity index is 841. The summed E-state index contributed by atoms with van der Waals surface area (Å²) in [5.41, 5.74) is 2.63. The number of aromatic nitrogens is 1. The van der Waals surface area contributed by atoms with Crippen LogP contribution in [0.3, 0.4) is 0 Å². The molecular formula is C20H26N2O5. The molecular weight excluding hydrogens is 348 g/mol. The van der Waals surface area contributed by atoms with Crippen molar-refractivity contribution in [1.82, 2.24) is 4.98 Å². The van der Waals surface area contributed by atoms with Gasteiger partial charge < -0.3 is 24.5 Å². The summed E-state index contributed by atoms with van der Waals surface area (Å²) in [5, 5.41) is 3.15. The van der Waals surface area contributed by atoms with Crippen LogP contribution in [0.2, 0.25) is 0 Å². The zero-order valence-corrected chi connectivity index (χ0v) is 16.6. The van der Waals surface area contributed by atoms with Gasteiger partial charge in [0.2, 0.25) is 5.78 Å². The van der Waals surface area contributed by atoms with E-state index in [2.05, 4.69) is 10.3 Å². The second-order valence-electron chi connectivity index (χ2n) is 6.14. The molecule has 7 nitrogen and oxygen atoms in total. The number of rotatable bonds is 8. The molecule has 0 fully saturated rings. The third-order valence-electron chi connectivity index (χ3n) is 4.34. The maximum absolute atomic E-state index is 13.0. The van der Waals surface area contributed by atoms with Gasteiger partial charge in [0.05, 0.1) is 43.8 Å². The first kappa shape index (κ1) is 20.4. The van der Waals surface area contributed by atoms with E-state index in [4.69, 9.17) is 14.2 Å². The number of nitrogens with one attached hydrogen (secondary N) is 2. The van der Waals surface area contributed by atoms with E-state index >= 15 is 0 Å². The maximum Gasteiger partial charge on any atom is 0.340 e. The molecule has 0 saturated heterocycles. The van der Waals surface area contributed by atoms with E-state index in [9.17, 15) is 9.59 Å². The largest absolute Gasteiger partial charge is 0.497 e. The highest BCUT2D eigenvalue weighted by molar-refractivity contribution is 6.04. The fourth-order valence-electron chi connectivity index (χ4n) is 2.95. The Morgan fingerprint density at radius 3 is 2.48 bits per heavy atom. The Balaban J connectivity index is 2.28. The number of carbonyl (C=O) groups is 2. The molecule has 146 valence electrons. The van der Waals surface area contributed by atoms with Crippen molar-refractivity contribution in [3.05, 3.63) is 40.7 Å². The van der Waals surface area contributed by atoms with Crippen LogP contribution >= 0.6 is 0 Å². The molecule has 0 unspecified atom stereocenters. The normalized spacial score (nSPS) is 11.6. The van der Waals surface area contributed by atoms with Gasteiger partial charge in [-0.1, -0.05) is 0 Å². The van der Waals surface area contributed by atoms with Crippen molar-refractivity contribution in [2.75, 3.05) is 26.1 Å². The molecule has 0 aliphatic carbocycles. The van der Waals surface area contributed by atoms with Crippen LogP contribution in [0.5, 0.6) is 11.5 Å². The summed E-state index contributed by atoms with van der Waals surface area (Å²) in [7, 11) is 3.13. The monoisotopic (exact) mass is 374 g/mol. The number of methoxy groups -OCH3 is 2. The fraction of sp³-hybridized carbons (Fsp3) is 0.400. The molecule has 2 N–H and O–H groups in total. The first-order valence-corrected chi connectivity index (χ1v) is 8.73. The summed E-state index contributed by atoms with van der Waals surface area (Å²) >= 11 is 0.